The van der Waals surface area contributed by atoms with Crippen molar-refractivity contribution in [1.29, 1.82) is 0 Å². The van der Waals surface area contributed by atoms with Crippen LogP contribution in [0.15, 0.2) is 121 Å². The zero-order valence-electron chi connectivity index (χ0n) is 30.9. The zero-order valence-corrected chi connectivity index (χ0v) is 30.9. The summed E-state index contributed by atoms with van der Waals surface area (Å²) in [6, 6.07) is 41.1. The van der Waals surface area contributed by atoms with Crippen LogP contribution < -0.4 is 0 Å². The van der Waals surface area contributed by atoms with Crippen LogP contribution in [0.2, 0.25) is 0 Å². The second kappa shape index (κ2) is 12.9. The molecule has 1 heterocycles. The van der Waals surface area contributed by atoms with E-state index in [0.29, 0.717) is 5.75 Å². The molecule has 3 heteroatoms. The molecule has 6 rings (SSSR count). The van der Waals surface area contributed by atoms with Crippen LogP contribution in [0.3, 0.4) is 0 Å². The van der Waals surface area contributed by atoms with Crippen molar-refractivity contribution in [3.05, 3.63) is 138 Å². The van der Waals surface area contributed by atoms with Crippen LogP contribution in [0.25, 0.3) is 55.9 Å². The maximum absolute atomic E-state index is 12.0. The van der Waals surface area contributed by atoms with Gasteiger partial charge in [0, 0.05) is 27.8 Å². The van der Waals surface area contributed by atoms with Gasteiger partial charge in [0.05, 0.1) is 11.4 Å². The molecule has 6 aromatic rings. The molecule has 1 aromatic heterocycles. The van der Waals surface area contributed by atoms with E-state index in [1.54, 1.807) is 0 Å². The number of benzene rings is 5. The lowest BCUT2D eigenvalue weighted by atomic mass is 9.78. The van der Waals surface area contributed by atoms with Crippen molar-refractivity contribution in [2.45, 2.75) is 78.6 Å². The topological polar surface area (TPSA) is 53.4 Å². The van der Waals surface area contributed by atoms with Crippen LogP contribution in [0.5, 0.6) is 11.5 Å². The highest BCUT2D eigenvalue weighted by Crippen LogP contribution is 2.45. The summed E-state index contributed by atoms with van der Waals surface area (Å²) in [6.07, 6.45) is 0. The van der Waals surface area contributed by atoms with Gasteiger partial charge < -0.3 is 10.2 Å². The number of aromatic nitrogens is 1. The number of nitrogens with zero attached hydrogens (tertiary/aromatic N) is 1. The van der Waals surface area contributed by atoms with Gasteiger partial charge in [-0.2, -0.15) is 0 Å². The van der Waals surface area contributed by atoms with Gasteiger partial charge in [-0.15, -0.1) is 0 Å². The predicted molar refractivity (Wildman–Crippen MR) is 211 cm³/mol. The van der Waals surface area contributed by atoms with Crippen molar-refractivity contribution >= 4 is 0 Å². The summed E-state index contributed by atoms with van der Waals surface area (Å²) < 4.78 is 0. The Morgan fingerprint density at radius 2 is 0.780 bits per heavy atom. The first kappa shape index (κ1) is 34.7. The van der Waals surface area contributed by atoms with E-state index in [2.05, 4.69) is 98.7 Å². The fourth-order valence-corrected chi connectivity index (χ4v) is 6.63. The molecule has 50 heavy (non-hydrogen) atoms. The zero-order chi connectivity index (χ0) is 36.0. The third kappa shape index (κ3) is 6.83. The molecule has 0 saturated carbocycles. The van der Waals surface area contributed by atoms with Crippen molar-refractivity contribution in [1.82, 2.24) is 4.98 Å². The van der Waals surface area contributed by atoms with Crippen molar-refractivity contribution in [2.75, 3.05) is 0 Å². The van der Waals surface area contributed by atoms with E-state index in [4.69, 9.17) is 4.98 Å². The van der Waals surface area contributed by atoms with Gasteiger partial charge in [0.2, 0.25) is 0 Å². The number of pyridine rings is 1. The van der Waals surface area contributed by atoms with E-state index in [1.165, 1.54) is 11.1 Å². The Hall–Kier alpha value is -5.15. The second-order valence-corrected chi connectivity index (χ2v) is 16.5. The lowest BCUT2D eigenvalue weighted by Gasteiger charge is -2.26. The van der Waals surface area contributed by atoms with Crippen molar-refractivity contribution in [3.8, 4) is 67.4 Å². The lowest BCUT2D eigenvalue weighted by Crippen LogP contribution is -2.16. The first-order valence-corrected chi connectivity index (χ1v) is 17.5. The fourth-order valence-electron chi connectivity index (χ4n) is 6.63. The third-order valence-corrected chi connectivity index (χ3v) is 9.59. The molecule has 0 radical (unpaired) electrons. The molecule has 0 atom stereocenters. The monoisotopic (exact) mass is 659 g/mol. The van der Waals surface area contributed by atoms with Crippen LogP contribution in [0.1, 0.15) is 79.0 Å². The Labute approximate surface area is 298 Å². The highest BCUT2D eigenvalue weighted by Gasteiger charge is 2.24. The van der Waals surface area contributed by atoms with E-state index in [1.807, 2.05) is 84.9 Å². The first-order chi connectivity index (χ1) is 23.5. The van der Waals surface area contributed by atoms with Gasteiger partial charge >= 0.3 is 0 Å². The van der Waals surface area contributed by atoms with E-state index >= 15 is 0 Å². The third-order valence-electron chi connectivity index (χ3n) is 9.59. The Bertz CT molecular complexity index is 2160. The summed E-state index contributed by atoms with van der Waals surface area (Å²) in [5.41, 5.74) is 11.8. The van der Waals surface area contributed by atoms with E-state index in [-0.39, 0.29) is 22.0 Å². The molecule has 0 aliphatic heterocycles. The Balaban J connectivity index is 1.47. The van der Waals surface area contributed by atoms with Crippen molar-refractivity contribution < 1.29 is 10.2 Å². The van der Waals surface area contributed by atoms with Crippen LogP contribution >= 0.6 is 0 Å². The minimum absolute atomic E-state index is 0.0424. The van der Waals surface area contributed by atoms with Crippen LogP contribution in [-0.4, -0.2) is 15.2 Å². The molecule has 0 aliphatic rings. The molecule has 0 bridgehead atoms. The smallest absolute Gasteiger partial charge is 0.131 e. The number of para-hydroxylation sites is 2. The number of hydrogen-bond acceptors (Lipinski definition) is 3. The Morgan fingerprint density at radius 1 is 0.380 bits per heavy atom. The highest BCUT2D eigenvalue weighted by atomic mass is 16.3. The first-order valence-electron chi connectivity index (χ1n) is 17.5. The molecule has 5 aromatic carbocycles. The van der Waals surface area contributed by atoms with Gasteiger partial charge in [-0.25, -0.2) is 4.98 Å². The van der Waals surface area contributed by atoms with Gasteiger partial charge in [0.1, 0.15) is 11.5 Å². The van der Waals surface area contributed by atoms with Gasteiger partial charge in [-0.3, -0.25) is 0 Å². The Kier molecular flexibility index (Phi) is 8.99. The molecule has 2 N–H and O–H groups in total. The summed E-state index contributed by atoms with van der Waals surface area (Å²) in [7, 11) is 0. The Morgan fingerprint density at radius 3 is 1.26 bits per heavy atom. The minimum Gasteiger partial charge on any atom is -0.507 e. The normalized spacial score (nSPS) is 12.3. The van der Waals surface area contributed by atoms with E-state index in [9.17, 15) is 10.2 Å². The summed E-state index contributed by atoms with van der Waals surface area (Å²) in [5.74, 6) is 0.550. The lowest BCUT2D eigenvalue weighted by molar-refractivity contribution is 0.448. The predicted octanol–water partition coefficient (Wildman–Crippen LogP) is 12.7. The molecular formula is C47H49NO2. The number of hydrogen-bond donors (Lipinski definition) is 2. The number of rotatable bonds is 5. The average Bonchev–Trinajstić information content (AvgIpc) is 3.07. The summed E-state index contributed by atoms with van der Waals surface area (Å²) >= 11 is 0. The highest BCUT2D eigenvalue weighted by molar-refractivity contribution is 5.91. The molecule has 0 unspecified atom stereocenters. The maximum atomic E-state index is 12.0. The van der Waals surface area contributed by atoms with Gasteiger partial charge in [0.25, 0.3) is 0 Å². The van der Waals surface area contributed by atoms with Crippen LogP contribution in [-0.2, 0) is 16.2 Å². The molecular weight excluding hydrogens is 611 g/mol. The van der Waals surface area contributed by atoms with E-state index in [0.717, 1.165) is 61.5 Å². The van der Waals surface area contributed by atoms with E-state index < -0.39 is 0 Å². The molecule has 254 valence electrons. The number of phenols is 2. The van der Waals surface area contributed by atoms with Crippen molar-refractivity contribution in [3.63, 3.8) is 0 Å². The van der Waals surface area contributed by atoms with Gasteiger partial charge in [-0.05, 0) is 61.8 Å². The average molecular weight is 660 g/mol. The SMILES string of the molecule is CC(C)(C)c1cc(-c2cccc(-c3ccccc3-c3cccc(-c4ccccc4-c4cccc(C(C)(C)C)c4O)n3)c2O)cc(C(C)(C)C)c1. The largest absolute Gasteiger partial charge is 0.507 e. The van der Waals surface area contributed by atoms with Crippen LogP contribution in [0.4, 0.5) is 0 Å². The number of aromatic hydroxyl groups is 2. The second-order valence-electron chi connectivity index (χ2n) is 16.5. The maximum Gasteiger partial charge on any atom is 0.131 e. The molecule has 0 aliphatic carbocycles. The van der Waals surface area contributed by atoms with Gasteiger partial charge in [0.15, 0.2) is 0 Å². The summed E-state index contributed by atoms with van der Waals surface area (Å²) in [6.45, 7) is 19.7. The summed E-state index contributed by atoms with van der Waals surface area (Å²) in [5, 5.41) is 23.5. The quantitative estimate of drug-likeness (QED) is 0.194. The molecule has 3 nitrogen and oxygen atoms in total. The standard InChI is InChI=1S/C47H49NO2/c1-45(2,3)31-27-30(28-32(29-31)46(4,5)6)33-21-14-22-38(43(33)49)34-17-10-12-19-36(34)41-25-16-26-42(48-41)37-20-13-11-18-35(37)39-23-15-24-40(44(39)50)47(7,8)9/h10-29,49-50H,1-9H3. The molecule has 0 amide bonds. The fraction of sp³-hybridized carbons (Fsp3) is 0.255. The number of phenolic OH excluding ortho intramolecular Hbond substituents is 2. The summed E-state index contributed by atoms with van der Waals surface area (Å²) in [4.78, 5) is 5.21. The van der Waals surface area contributed by atoms with Gasteiger partial charge in [-0.1, -0.05) is 172 Å². The molecule has 0 spiro atoms. The van der Waals surface area contributed by atoms with Crippen LogP contribution in [0, 0.1) is 0 Å². The molecule has 0 fully saturated rings. The molecule has 0 saturated heterocycles. The minimum atomic E-state index is -0.204. The van der Waals surface area contributed by atoms with Crippen molar-refractivity contribution in [2.24, 2.45) is 0 Å².